The molecule has 1 heterocycles. The van der Waals surface area contributed by atoms with Crippen molar-refractivity contribution in [1.82, 2.24) is 0 Å². The van der Waals surface area contributed by atoms with Crippen molar-refractivity contribution in [3.05, 3.63) is 22.2 Å². The van der Waals surface area contributed by atoms with Gasteiger partial charge < -0.3 is 15.2 Å². The van der Waals surface area contributed by atoms with Crippen LogP contribution in [-0.2, 0) is 11.8 Å². The minimum absolute atomic E-state index is 0.0535. The third-order valence-electron chi connectivity index (χ3n) is 5.20. The lowest BCUT2D eigenvalue weighted by Crippen LogP contribution is -2.38. The Bertz CT molecular complexity index is 538. The van der Waals surface area contributed by atoms with Crippen LogP contribution in [0.25, 0.3) is 0 Å². The highest BCUT2D eigenvalue weighted by atomic mass is 35.5. The van der Waals surface area contributed by atoms with Gasteiger partial charge in [-0.2, -0.15) is 0 Å². The van der Waals surface area contributed by atoms with Gasteiger partial charge in [-0.3, -0.25) is 0 Å². The van der Waals surface area contributed by atoms with Gasteiger partial charge in [-0.1, -0.05) is 37.8 Å². The van der Waals surface area contributed by atoms with Crippen molar-refractivity contribution in [2.75, 3.05) is 19.8 Å². The summed E-state index contributed by atoms with van der Waals surface area (Å²) in [5, 5.41) is 0.669. The molecule has 1 saturated carbocycles. The van der Waals surface area contributed by atoms with Crippen LogP contribution in [0.2, 0.25) is 5.02 Å². The third-order valence-corrected chi connectivity index (χ3v) is 5.48. The molecule has 2 N–H and O–H groups in total. The smallest absolute Gasteiger partial charge is 0.180 e. The number of ether oxygens (including phenoxy) is 2. The molecule has 4 heteroatoms. The monoisotopic (exact) mass is 323 g/mol. The number of rotatable bonds is 3. The zero-order chi connectivity index (χ0) is 15.6. The van der Waals surface area contributed by atoms with Crippen LogP contribution in [0.5, 0.6) is 11.5 Å². The Balaban J connectivity index is 2.14. The molecule has 1 aromatic rings. The number of benzene rings is 1. The minimum atomic E-state index is 0.0535. The van der Waals surface area contributed by atoms with E-state index >= 15 is 0 Å². The first kappa shape index (κ1) is 15.9. The maximum Gasteiger partial charge on any atom is 0.180 e. The van der Waals surface area contributed by atoms with E-state index in [0.29, 0.717) is 24.8 Å². The molecule has 1 aliphatic carbocycles. The van der Waals surface area contributed by atoms with Gasteiger partial charge in [0, 0.05) is 23.9 Å². The summed E-state index contributed by atoms with van der Waals surface area (Å²) in [6.45, 7) is 4.21. The first-order valence-electron chi connectivity index (χ1n) is 8.53. The number of halogens is 1. The molecule has 3 nitrogen and oxygen atoms in total. The van der Waals surface area contributed by atoms with Crippen LogP contribution in [0.4, 0.5) is 0 Å². The number of nitrogens with two attached hydrogens (primary N) is 1. The van der Waals surface area contributed by atoms with Gasteiger partial charge in [-0.15, -0.1) is 0 Å². The quantitative estimate of drug-likeness (QED) is 0.905. The topological polar surface area (TPSA) is 44.5 Å². The van der Waals surface area contributed by atoms with Crippen molar-refractivity contribution in [2.24, 2.45) is 5.73 Å². The fraction of sp³-hybridized carbons (Fsp3) is 0.667. The summed E-state index contributed by atoms with van der Waals surface area (Å²) in [5.41, 5.74) is 8.83. The van der Waals surface area contributed by atoms with Crippen molar-refractivity contribution in [3.8, 4) is 11.5 Å². The van der Waals surface area contributed by atoms with Gasteiger partial charge in [-0.25, -0.2) is 0 Å². The Morgan fingerprint density at radius 1 is 1.09 bits per heavy atom. The Morgan fingerprint density at radius 3 is 2.41 bits per heavy atom. The molecule has 0 unspecified atom stereocenters. The van der Waals surface area contributed by atoms with E-state index in [-0.39, 0.29) is 5.41 Å². The van der Waals surface area contributed by atoms with E-state index in [9.17, 15) is 0 Å². The van der Waals surface area contributed by atoms with Crippen LogP contribution in [-0.4, -0.2) is 19.8 Å². The van der Waals surface area contributed by atoms with Crippen LogP contribution < -0.4 is 15.2 Å². The molecule has 1 aliphatic heterocycles. The molecule has 3 rings (SSSR count). The highest BCUT2D eigenvalue weighted by Gasteiger charge is 2.36. The van der Waals surface area contributed by atoms with Crippen LogP contribution in [0.15, 0.2) is 6.07 Å². The second-order valence-electron chi connectivity index (χ2n) is 6.49. The maximum atomic E-state index is 6.54. The molecule has 122 valence electrons. The molecule has 0 atom stereocenters. The van der Waals surface area contributed by atoms with Gasteiger partial charge in [0.1, 0.15) is 0 Å². The zero-order valence-electron chi connectivity index (χ0n) is 13.4. The summed E-state index contributed by atoms with van der Waals surface area (Å²) >= 11 is 6.54. The molecule has 1 fully saturated rings. The predicted octanol–water partition coefficient (Wildman–Crippen LogP) is 4.22. The van der Waals surface area contributed by atoms with Crippen LogP contribution in [0, 0.1) is 0 Å². The number of hydrogen-bond donors (Lipinski definition) is 1. The first-order chi connectivity index (χ1) is 10.7. The fourth-order valence-electron chi connectivity index (χ4n) is 3.98. The van der Waals surface area contributed by atoms with Crippen LogP contribution >= 0.6 is 11.6 Å². The zero-order valence-corrected chi connectivity index (χ0v) is 14.2. The van der Waals surface area contributed by atoms with Crippen molar-refractivity contribution in [1.29, 1.82) is 0 Å². The highest BCUT2D eigenvalue weighted by molar-refractivity contribution is 6.32. The molecule has 0 spiro atoms. The van der Waals surface area contributed by atoms with Gasteiger partial charge in [0.15, 0.2) is 11.5 Å². The Kier molecular flexibility index (Phi) is 4.84. The molecule has 0 saturated heterocycles. The molecule has 0 radical (unpaired) electrons. The van der Waals surface area contributed by atoms with E-state index in [1.807, 2.05) is 0 Å². The summed E-state index contributed by atoms with van der Waals surface area (Å²) in [6.07, 6.45) is 7.89. The van der Waals surface area contributed by atoms with E-state index < -0.39 is 0 Å². The molecule has 0 amide bonds. The summed E-state index contributed by atoms with van der Waals surface area (Å²) in [7, 11) is 0. The normalized spacial score (nSPS) is 20.5. The average molecular weight is 324 g/mol. The average Bonchev–Trinajstić information content (AvgIpc) is 2.82. The second kappa shape index (κ2) is 6.67. The second-order valence-corrected chi connectivity index (χ2v) is 6.90. The predicted molar refractivity (Wildman–Crippen MR) is 90.3 cm³/mol. The summed E-state index contributed by atoms with van der Waals surface area (Å²) in [4.78, 5) is 0. The molecule has 2 aliphatic rings. The summed E-state index contributed by atoms with van der Waals surface area (Å²) in [5.74, 6) is 1.59. The number of fused-ring (bicyclic) bond motifs is 1. The molecule has 22 heavy (non-hydrogen) atoms. The first-order valence-corrected chi connectivity index (χ1v) is 8.91. The van der Waals surface area contributed by atoms with Gasteiger partial charge in [-0.05, 0) is 30.9 Å². The lowest BCUT2D eigenvalue weighted by Gasteiger charge is -2.39. The molecular weight excluding hydrogens is 298 g/mol. The van der Waals surface area contributed by atoms with Crippen molar-refractivity contribution < 1.29 is 9.47 Å². The van der Waals surface area contributed by atoms with Crippen LogP contribution in [0.3, 0.4) is 0 Å². The van der Waals surface area contributed by atoms with E-state index in [0.717, 1.165) is 37.2 Å². The van der Waals surface area contributed by atoms with Crippen molar-refractivity contribution >= 4 is 11.6 Å². The Labute approximate surface area is 138 Å². The molecule has 0 bridgehead atoms. The molecular formula is C18H26ClNO2. The van der Waals surface area contributed by atoms with E-state index in [4.69, 9.17) is 26.8 Å². The lowest BCUT2D eigenvalue weighted by molar-refractivity contribution is 0.290. The van der Waals surface area contributed by atoms with Crippen molar-refractivity contribution in [2.45, 2.75) is 57.3 Å². The van der Waals surface area contributed by atoms with Gasteiger partial charge in [0.25, 0.3) is 0 Å². The fourth-order valence-corrected chi connectivity index (χ4v) is 4.23. The van der Waals surface area contributed by atoms with E-state index in [2.05, 4.69) is 13.0 Å². The standard InChI is InChI=1S/C18H26ClNO2/c1-2-13-14(18(12-20)7-4-3-5-8-18)11-15(19)17-16(13)21-9-6-10-22-17/h11H,2-10,12,20H2,1H3. The highest BCUT2D eigenvalue weighted by Crippen LogP contribution is 2.48. The van der Waals surface area contributed by atoms with Crippen LogP contribution in [0.1, 0.15) is 56.6 Å². The lowest BCUT2D eigenvalue weighted by atomic mass is 9.67. The maximum absolute atomic E-state index is 6.54. The molecule has 1 aromatic carbocycles. The third kappa shape index (κ3) is 2.69. The largest absolute Gasteiger partial charge is 0.489 e. The Morgan fingerprint density at radius 2 is 1.77 bits per heavy atom. The summed E-state index contributed by atoms with van der Waals surface area (Å²) in [6, 6.07) is 2.10. The number of hydrogen-bond acceptors (Lipinski definition) is 3. The summed E-state index contributed by atoms with van der Waals surface area (Å²) < 4.78 is 11.9. The van der Waals surface area contributed by atoms with Gasteiger partial charge >= 0.3 is 0 Å². The van der Waals surface area contributed by atoms with Crippen molar-refractivity contribution in [3.63, 3.8) is 0 Å². The minimum Gasteiger partial charge on any atom is -0.489 e. The molecule has 0 aromatic heterocycles. The SMILES string of the molecule is CCc1c(C2(CN)CCCCC2)cc(Cl)c2c1OCCCO2. The van der Waals surface area contributed by atoms with E-state index in [1.165, 1.54) is 30.4 Å². The van der Waals surface area contributed by atoms with Gasteiger partial charge in [0.05, 0.1) is 18.2 Å². The van der Waals surface area contributed by atoms with Gasteiger partial charge in [0.2, 0.25) is 0 Å². The Hall–Kier alpha value is -0.930. The van der Waals surface area contributed by atoms with E-state index in [1.54, 1.807) is 0 Å².